The predicted octanol–water partition coefficient (Wildman–Crippen LogP) is 1.90. The Morgan fingerprint density at radius 2 is 2.11 bits per heavy atom. The van der Waals surface area contributed by atoms with Crippen LogP contribution in [0, 0.1) is 6.92 Å². The summed E-state index contributed by atoms with van der Waals surface area (Å²) in [5.74, 6) is 0. The van der Waals surface area contributed by atoms with Crippen LogP contribution in [-0.4, -0.2) is 29.6 Å². The lowest BCUT2D eigenvalue weighted by Gasteiger charge is -2.26. The van der Waals surface area contributed by atoms with Gasteiger partial charge in [-0.25, -0.2) is 0 Å². The van der Waals surface area contributed by atoms with Gasteiger partial charge in [0.25, 0.3) is 0 Å². The van der Waals surface area contributed by atoms with Gasteiger partial charge in [0, 0.05) is 36.2 Å². The maximum Gasteiger partial charge on any atom is 0.0488 e. The molecule has 96 valence electrons. The van der Waals surface area contributed by atoms with Gasteiger partial charge in [0.1, 0.15) is 0 Å². The van der Waals surface area contributed by atoms with E-state index in [9.17, 15) is 0 Å². The molecule has 0 spiro atoms. The molecule has 1 aliphatic rings. The molecule has 0 amide bonds. The quantitative estimate of drug-likeness (QED) is 0.874. The molecule has 0 bridgehead atoms. The zero-order chi connectivity index (χ0) is 12.7. The molecule has 1 aromatic heterocycles. The fraction of sp³-hybridized carbons (Fsp3) is 0.467. The normalized spacial score (nSPS) is 16.2. The van der Waals surface area contributed by atoms with Gasteiger partial charge in [-0.1, -0.05) is 12.1 Å². The largest absolute Gasteiger partial charge is 0.342 e. The van der Waals surface area contributed by atoms with Gasteiger partial charge in [-0.15, -0.1) is 0 Å². The monoisotopic (exact) mass is 243 g/mol. The van der Waals surface area contributed by atoms with Gasteiger partial charge in [-0.3, -0.25) is 4.90 Å². The highest BCUT2D eigenvalue weighted by molar-refractivity contribution is 5.86. The Labute approximate surface area is 108 Å². The maximum atomic E-state index is 5.79. The topological polar surface area (TPSA) is 34.2 Å². The molecule has 0 atom stereocenters. The summed E-state index contributed by atoms with van der Waals surface area (Å²) in [7, 11) is 2.19. The molecule has 0 radical (unpaired) electrons. The summed E-state index contributed by atoms with van der Waals surface area (Å²) in [6, 6.07) is 6.78. The number of rotatable bonds is 2. The Morgan fingerprint density at radius 3 is 2.89 bits per heavy atom. The molecule has 2 N–H and O–H groups in total. The van der Waals surface area contributed by atoms with Gasteiger partial charge in [-0.05, 0) is 44.1 Å². The van der Waals surface area contributed by atoms with E-state index in [0.29, 0.717) is 0 Å². The molecular formula is C15H21N3. The zero-order valence-electron chi connectivity index (χ0n) is 11.2. The number of fused-ring (bicyclic) bond motifs is 3. The first-order valence-corrected chi connectivity index (χ1v) is 6.70. The van der Waals surface area contributed by atoms with Crippen LogP contribution in [0.1, 0.15) is 16.8 Å². The first-order valence-electron chi connectivity index (χ1n) is 6.70. The summed E-state index contributed by atoms with van der Waals surface area (Å²) in [5.41, 5.74) is 11.4. The number of hydrogen-bond acceptors (Lipinski definition) is 2. The van der Waals surface area contributed by atoms with Crippen LogP contribution in [0.3, 0.4) is 0 Å². The minimum absolute atomic E-state index is 0.726. The van der Waals surface area contributed by atoms with Gasteiger partial charge in [-0.2, -0.15) is 0 Å². The Balaban J connectivity index is 2.26. The third-order valence-electron chi connectivity index (χ3n) is 3.96. The second-order valence-corrected chi connectivity index (χ2v) is 5.37. The number of aromatic nitrogens is 1. The van der Waals surface area contributed by atoms with Crippen molar-refractivity contribution in [1.29, 1.82) is 0 Å². The van der Waals surface area contributed by atoms with Crippen molar-refractivity contribution in [1.82, 2.24) is 9.47 Å². The second kappa shape index (κ2) is 4.41. The number of hydrogen-bond donors (Lipinski definition) is 1. The Hall–Kier alpha value is -1.32. The SMILES string of the molecule is Cc1ccc2c(CCN)c3n(c2c1)CCN(C)C3. The molecule has 3 rings (SSSR count). The van der Waals surface area contributed by atoms with Crippen LogP contribution in [-0.2, 0) is 19.5 Å². The molecule has 18 heavy (non-hydrogen) atoms. The van der Waals surface area contributed by atoms with E-state index in [2.05, 4.69) is 41.6 Å². The average molecular weight is 243 g/mol. The van der Waals surface area contributed by atoms with Crippen molar-refractivity contribution in [2.75, 3.05) is 20.1 Å². The third kappa shape index (κ3) is 1.74. The van der Waals surface area contributed by atoms with Crippen LogP contribution in [0.5, 0.6) is 0 Å². The van der Waals surface area contributed by atoms with Crippen LogP contribution < -0.4 is 5.73 Å². The van der Waals surface area contributed by atoms with E-state index >= 15 is 0 Å². The predicted molar refractivity (Wildman–Crippen MR) is 75.8 cm³/mol. The molecule has 0 aliphatic carbocycles. The molecule has 1 aromatic carbocycles. The van der Waals surface area contributed by atoms with Crippen molar-refractivity contribution in [2.24, 2.45) is 5.73 Å². The number of likely N-dealkylation sites (N-methyl/N-ethyl adjacent to an activating group) is 1. The Bertz CT molecular complexity index is 583. The third-order valence-corrected chi connectivity index (χ3v) is 3.96. The molecule has 0 saturated carbocycles. The Kier molecular flexibility index (Phi) is 2.88. The van der Waals surface area contributed by atoms with Gasteiger partial charge in [0.05, 0.1) is 0 Å². The van der Waals surface area contributed by atoms with Crippen molar-refractivity contribution in [2.45, 2.75) is 26.4 Å². The molecule has 1 aliphatic heterocycles. The molecular weight excluding hydrogens is 222 g/mol. The van der Waals surface area contributed by atoms with Gasteiger partial charge < -0.3 is 10.3 Å². The van der Waals surface area contributed by atoms with Crippen molar-refractivity contribution in [3.8, 4) is 0 Å². The average Bonchev–Trinajstić information content (AvgIpc) is 2.63. The minimum Gasteiger partial charge on any atom is -0.342 e. The van der Waals surface area contributed by atoms with Gasteiger partial charge in [0.15, 0.2) is 0 Å². The summed E-state index contributed by atoms with van der Waals surface area (Å²) in [4.78, 5) is 2.39. The first kappa shape index (κ1) is 11.8. The van der Waals surface area contributed by atoms with Crippen LogP contribution in [0.4, 0.5) is 0 Å². The molecule has 0 saturated heterocycles. The summed E-state index contributed by atoms with van der Waals surface area (Å²) in [5, 5.41) is 1.40. The van der Waals surface area contributed by atoms with E-state index in [1.807, 2.05) is 0 Å². The number of benzene rings is 1. The summed E-state index contributed by atoms with van der Waals surface area (Å²) < 4.78 is 2.49. The van der Waals surface area contributed by atoms with E-state index in [-0.39, 0.29) is 0 Å². The first-order chi connectivity index (χ1) is 8.70. The van der Waals surface area contributed by atoms with Crippen LogP contribution in [0.25, 0.3) is 10.9 Å². The maximum absolute atomic E-state index is 5.79. The van der Waals surface area contributed by atoms with Crippen LogP contribution >= 0.6 is 0 Å². The lowest BCUT2D eigenvalue weighted by molar-refractivity contribution is 0.271. The van der Waals surface area contributed by atoms with E-state index in [0.717, 1.165) is 32.6 Å². The van der Waals surface area contributed by atoms with Gasteiger partial charge in [0.2, 0.25) is 0 Å². The minimum atomic E-state index is 0.726. The summed E-state index contributed by atoms with van der Waals surface area (Å²) in [6.45, 7) is 6.16. The fourth-order valence-electron chi connectivity index (χ4n) is 3.05. The van der Waals surface area contributed by atoms with Gasteiger partial charge >= 0.3 is 0 Å². The van der Waals surface area contributed by atoms with E-state index in [1.54, 1.807) is 0 Å². The van der Waals surface area contributed by atoms with Crippen molar-refractivity contribution in [3.05, 3.63) is 35.0 Å². The number of nitrogens with two attached hydrogens (primary N) is 1. The van der Waals surface area contributed by atoms with Crippen molar-refractivity contribution < 1.29 is 0 Å². The molecule has 3 nitrogen and oxygen atoms in total. The fourth-order valence-corrected chi connectivity index (χ4v) is 3.05. The van der Waals surface area contributed by atoms with Crippen LogP contribution in [0.15, 0.2) is 18.2 Å². The smallest absolute Gasteiger partial charge is 0.0488 e. The van der Waals surface area contributed by atoms with Crippen molar-refractivity contribution >= 4 is 10.9 Å². The highest BCUT2D eigenvalue weighted by atomic mass is 15.2. The number of aryl methyl sites for hydroxylation is 1. The number of nitrogens with zero attached hydrogens (tertiary/aromatic N) is 2. The van der Waals surface area contributed by atoms with E-state index in [1.165, 1.54) is 27.7 Å². The lowest BCUT2D eigenvalue weighted by Crippen LogP contribution is -2.30. The Morgan fingerprint density at radius 1 is 1.28 bits per heavy atom. The van der Waals surface area contributed by atoms with E-state index < -0.39 is 0 Å². The summed E-state index contributed by atoms with van der Waals surface area (Å²) >= 11 is 0. The molecule has 2 heterocycles. The highest BCUT2D eigenvalue weighted by Gasteiger charge is 2.21. The molecule has 2 aromatic rings. The molecule has 0 fully saturated rings. The molecule has 3 heteroatoms. The second-order valence-electron chi connectivity index (χ2n) is 5.37. The standard InChI is InChI=1S/C15H21N3/c1-11-3-4-12-13(5-6-16)15-10-17(2)7-8-18(15)14(12)9-11/h3-4,9H,5-8,10,16H2,1-2H3. The summed E-state index contributed by atoms with van der Waals surface area (Å²) in [6.07, 6.45) is 0.982. The molecule has 0 unspecified atom stereocenters. The zero-order valence-corrected chi connectivity index (χ0v) is 11.2. The lowest BCUT2D eigenvalue weighted by atomic mass is 10.1. The van der Waals surface area contributed by atoms with E-state index in [4.69, 9.17) is 5.73 Å². The van der Waals surface area contributed by atoms with Crippen molar-refractivity contribution in [3.63, 3.8) is 0 Å². The highest BCUT2D eigenvalue weighted by Crippen LogP contribution is 2.30. The van der Waals surface area contributed by atoms with Crippen LogP contribution in [0.2, 0.25) is 0 Å².